The molecule has 0 bridgehead atoms. The lowest BCUT2D eigenvalue weighted by Crippen LogP contribution is -2.37. The molecule has 12 heteroatoms. The highest BCUT2D eigenvalue weighted by Gasteiger charge is 2.29. The predicted molar refractivity (Wildman–Crippen MR) is 154 cm³/mol. The molecule has 4 heterocycles. The zero-order chi connectivity index (χ0) is 28.0. The van der Waals surface area contributed by atoms with Gasteiger partial charge in [-0.05, 0) is 42.2 Å². The number of carbonyl (C=O) groups is 1. The van der Waals surface area contributed by atoms with E-state index in [1.165, 1.54) is 23.8 Å². The molecule has 0 atom stereocenters. The van der Waals surface area contributed by atoms with Crippen molar-refractivity contribution >= 4 is 44.0 Å². The van der Waals surface area contributed by atoms with Crippen molar-refractivity contribution in [2.45, 2.75) is 32.2 Å². The van der Waals surface area contributed by atoms with E-state index in [1.54, 1.807) is 0 Å². The van der Waals surface area contributed by atoms with Crippen LogP contribution in [0.3, 0.4) is 0 Å². The summed E-state index contributed by atoms with van der Waals surface area (Å²) in [6.45, 7) is 2.91. The van der Waals surface area contributed by atoms with E-state index in [0.29, 0.717) is 49.6 Å². The average Bonchev–Trinajstić information content (AvgIpc) is 3.47. The first kappa shape index (κ1) is 26.0. The lowest BCUT2D eigenvalue weighted by atomic mass is 9.94. The molecule has 1 fully saturated rings. The molecule has 206 valence electrons. The molecule has 1 amide bonds. The normalized spacial score (nSPS) is 15.2. The maximum atomic E-state index is 12.0. The number of benzene rings is 2. The predicted octanol–water partition coefficient (Wildman–Crippen LogP) is 3.47. The van der Waals surface area contributed by atoms with Gasteiger partial charge in [-0.3, -0.25) is 4.79 Å². The number of hydrogen-bond acceptors (Lipinski definition) is 7. The first-order chi connectivity index (χ1) is 19.2. The quantitative estimate of drug-likeness (QED) is 0.325. The number of sulfonamides is 1. The number of hydrogen-bond donors (Lipinski definition) is 2. The summed E-state index contributed by atoms with van der Waals surface area (Å²) in [6, 6.07) is 18.0. The highest BCUT2D eigenvalue weighted by molar-refractivity contribution is 7.88. The summed E-state index contributed by atoms with van der Waals surface area (Å²) in [5.74, 6) is 0.947. The third kappa shape index (κ3) is 4.80. The molecule has 0 saturated carbocycles. The molecule has 5 aromatic rings. The van der Waals surface area contributed by atoms with Crippen LogP contribution in [0.25, 0.3) is 27.5 Å². The van der Waals surface area contributed by atoms with Gasteiger partial charge < -0.3 is 11.1 Å². The van der Waals surface area contributed by atoms with E-state index in [-0.39, 0.29) is 11.8 Å². The minimum Gasteiger partial charge on any atom is -0.382 e. The number of rotatable bonds is 6. The fourth-order valence-electron chi connectivity index (χ4n) is 5.56. The Morgan fingerprint density at radius 3 is 2.55 bits per heavy atom. The Kier molecular flexibility index (Phi) is 6.51. The molecule has 3 aromatic heterocycles. The lowest BCUT2D eigenvalue weighted by molar-refractivity contribution is -0.114. The number of fused-ring (bicyclic) bond motifs is 2. The van der Waals surface area contributed by atoms with Crippen LogP contribution in [0.5, 0.6) is 0 Å². The lowest BCUT2D eigenvalue weighted by Gasteiger charge is -2.29. The summed E-state index contributed by atoms with van der Waals surface area (Å²) < 4.78 is 29.2. The van der Waals surface area contributed by atoms with Gasteiger partial charge in [-0.25, -0.2) is 26.9 Å². The van der Waals surface area contributed by atoms with Crippen LogP contribution in [0.2, 0.25) is 0 Å². The van der Waals surface area contributed by atoms with Crippen LogP contribution < -0.4 is 11.1 Å². The first-order valence-electron chi connectivity index (χ1n) is 13.1. The smallest absolute Gasteiger partial charge is 0.222 e. The van der Waals surface area contributed by atoms with E-state index in [2.05, 4.69) is 21.5 Å². The summed E-state index contributed by atoms with van der Waals surface area (Å²) in [5.41, 5.74) is 11.6. The van der Waals surface area contributed by atoms with E-state index in [4.69, 9.17) is 10.8 Å². The fraction of sp³-hybridized carbons (Fsp3) is 0.286. The molecule has 0 radical (unpaired) electrons. The van der Waals surface area contributed by atoms with Crippen molar-refractivity contribution in [3.05, 3.63) is 72.2 Å². The third-order valence-electron chi connectivity index (χ3n) is 7.47. The zero-order valence-corrected chi connectivity index (χ0v) is 23.1. The van der Waals surface area contributed by atoms with E-state index in [9.17, 15) is 13.2 Å². The number of piperidine rings is 1. The molecule has 1 aliphatic rings. The second-order valence-corrected chi connectivity index (χ2v) is 12.2. The SMILES string of the molecule is CC(=O)Nc1c2ccc(-c3cc(C4CCN(S(C)(=O)=O)CC4)n4ncnc(N)c34)cc2nn1Cc1ccccc1. The Hall–Kier alpha value is -4.29. The number of aromatic nitrogens is 5. The van der Waals surface area contributed by atoms with Gasteiger partial charge in [-0.15, -0.1) is 0 Å². The number of nitrogen functional groups attached to an aromatic ring is 1. The summed E-state index contributed by atoms with van der Waals surface area (Å²) in [6.07, 6.45) is 4.06. The summed E-state index contributed by atoms with van der Waals surface area (Å²) >= 11 is 0. The molecule has 0 spiro atoms. The minimum atomic E-state index is -3.22. The Bertz CT molecular complexity index is 1840. The van der Waals surface area contributed by atoms with Crippen LogP contribution in [-0.2, 0) is 21.4 Å². The summed E-state index contributed by atoms with van der Waals surface area (Å²) in [4.78, 5) is 16.3. The van der Waals surface area contributed by atoms with Gasteiger partial charge in [0.2, 0.25) is 15.9 Å². The molecule has 1 aliphatic heterocycles. The molecule has 2 aromatic carbocycles. The van der Waals surface area contributed by atoms with Crippen LogP contribution in [0.4, 0.5) is 11.6 Å². The summed E-state index contributed by atoms with van der Waals surface area (Å²) in [5, 5.41) is 13.1. The Morgan fingerprint density at radius 1 is 1.10 bits per heavy atom. The van der Waals surface area contributed by atoms with Crippen molar-refractivity contribution in [3.63, 3.8) is 0 Å². The van der Waals surface area contributed by atoms with Crippen LogP contribution in [0.1, 0.15) is 36.9 Å². The highest BCUT2D eigenvalue weighted by Crippen LogP contribution is 2.38. The van der Waals surface area contributed by atoms with Crippen molar-refractivity contribution in [3.8, 4) is 11.1 Å². The topological polar surface area (TPSA) is 141 Å². The Morgan fingerprint density at radius 2 is 1.85 bits per heavy atom. The largest absolute Gasteiger partial charge is 0.382 e. The van der Waals surface area contributed by atoms with E-state index < -0.39 is 10.0 Å². The van der Waals surface area contributed by atoms with Crippen LogP contribution >= 0.6 is 0 Å². The second kappa shape index (κ2) is 10.0. The summed E-state index contributed by atoms with van der Waals surface area (Å²) in [7, 11) is -3.22. The van der Waals surface area contributed by atoms with Gasteiger partial charge in [0.25, 0.3) is 0 Å². The molecule has 1 saturated heterocycles. The maximum Gasteiger partial charge on any atom is 0.222 e. The maximum absolute atomic E-state index is 12.0. The second-order valence-electron chi connectivity index (χ2n) is 10.2. The van der Waals surface area contributed by atoms with Crippen molar-refractivity contribution in [1.29, 1.82) is 0 Å². The highest BCUT2D eigenvalue weighted by atomic mass is 32.2. The fourth-order valence-corrected chi connectivity index (χ4v) is 6.43. The standard InChI is InChI=1S/C28H30N8O3S/c1-18(37)32-28-22-9-8-21(14-24(22)33-35(28)16-19-6-4-3-5-7-19)23-15-25(36-26(23)27(29)30-17-31-36)20-10-12-34(13-11-20)40(2,38)39/h3-9,14-15,17,20H,10-13,16H2,1-2H3,(H,32,37)(H2,29,30,31). The van der Waals surface area contributed by atoms with Gasteiger partial charge in [0, 0.05) is 42.6 Å². The average molecular weight is 559 g/mol. The molecule has 11 nitrogen and oxygen atoms in total. The molecule has 0 unspecified atom stereocenters. The van der Waals surface area contributed by atoms with Gasteiger partial charge >= 0.3 is 0 Å². The van der Waals surface area contributed by atoms with Crippen molar-refractivity contribution < 1.29 is 13.2 Å². The number of nitrogens with one attached hydrogen (secondary N) is 1. The van der Waals surface area contributed by atoms with E-state index >= 15 is 0 Å². The number of carbonyl (C=O) groups excluding carboxylic acids is 1. The van der Waals surface area contributed by atoms with Gasteiger partial charge in [-0.2, -0.15) is 10.2 Å². The molecule has 6 rings (SSSR count). The first-order valence-corrected chi connectivity index (χ1v) is 14.9. The Balaban J connectivity index is 1.42. The van der Waals surface area contributed by atoms with Crippen molar-refractivity contribution in [2.75, 3.05) is 30.4 Å². The van der Waals surface area contributed by atoms with Gasteiger partial charge in [0.05, 0.1) is 18.3 Å². The van der Waals surface area contributed by atoms with Gasteiger partial charge in [0.15, 0.2) is 5.82 Å². The van der Waals surface area contributed by atoms with Crippen LogP contribution in [-0.4, -0.2) is 62.4 Å². The van der Waals surface area contributed by atoms with E-state index in [0.717, 1.165) is 33.3 Å². The van der Waals surface area contributed by atoms with Gasteiger partial charge in [0.1, 0.15) is 17.7 Å². The molecular formula is C28H30N8O3S. The van der Waals surface area contributed by atoms with Crippen molar-refractivity contribution in [2.24, 2.45) is 0 Å². The number of amides is 1. The number of anilines is 2. The molecule has 0 aliphatic carbocycles. The number of nitrogens with two attached hydrogens (primary N) is 1. The molecule has 3 N–H and O–H groups in total. The molecule has 40 heavy (non-hydrogen) atoms. The van der Waals surface area contributed by atoms with Gasteiger partial charge in [-0.1, -0.05) is 36.4 Å². The van der Waals surface area contributed by atoms with Crippen LogP contribution in [0.15, 0.2) is 60.9 Å². The number of nitrogens with zero attached hydrogens (tertiary/aromatic N) is 6. The van der Waals surface area contributed by atoms with Crippen molar-refractivity contribution in [1.82, 2.24) is 28.7 Å². The zero-order valence-electron chi connectivity index (χ0n) is 22.3. The monoisotopic (exact) mass is 558 g/mol. The molecular weight excluding hydrogens is 528 g/mol. The van der Waals surface area contributed by atoms with Crippen LogP contribution in [0, 0.1) is 0 Å². The van der Waals surface area contributed by atoms with E-state index in [1.807, 2.05) is 57.7 Å². The third-order valence-corrected chi connectivity index (χ3v) is 8.77. The Labute approximate surface area is 231 Å². The minimum absolute atomic E-state index is 0.119.